The average Bonchev–Trinajstić information content (AvgIpc) is 2.82. The molecule has 0 spiro atoms. The fraction of sp³-hybridized carbons (Fsp3) is 0.667. The maximum absolute atomic E-state index is 5.91. The van der Waals surface area contributed by atoms with Crippen molar-refractivity contribution in [3.05, 3.63) is 27.7 Å². The highest BCUT2D eigenvalue weighted by molar-refractivity contribution is 9.10. The van der Waals surface area contributed by atoms with Crippen LogP contribution in [0.2, 0.25) is 0 Å². The Morgan fingerprint density at radius 2 is 2.10 bits per heavy atom. The summed E-state index contributed by atoms with van der Waals surface area (Å²) >= 11 is 3.67. The lowest BCUT2D eigenvalue weighted by Gasteiger charge is -2.26. The first-order chi connectivity index (χ1) is 10.3. The van der Waals surface area contributed by atoms with Crippen LogP contribution >= 0.6 is 15.9 Å². The zero-order valence-corrected chi connectivity index (χ0v) is 14.5. The monoisotopic (exact) mass is 351 g/mol. The minimum Gasteiger partial charge on any atom is -0.493 e. The zero-order chi connectivity index (χ0) is 14.7. The Hall–Kier alpha value is -0.540. The molecule has 21 heavy (non-hydrogen) atoms. The van der Waals surface area contributed by atoms with Crippen molar-refractivity contribution < 1.29 is 4.74 Å². The van der Waals surface area contributed by atoms with E-state index >= 15 is 0 Å². The van der Waals surface area contributed by atoms with Gasteiger partial charge in [0.15, 0.2) is 0 Å². The number of hydrogen-bond acceptors (Lipinski definition) is 2. The lowest BCUT2D eigenvalue weighted by atomic mass is 9.87. The van der Waals surface area contributed by atoms with Gasteiger partial charge in [0.1, 0.15) is 5.75 Å². The first kappa shape index (κ1) is 15.4. The fourth-order valence-electron chi connectivity index (χ4n) is 3.94. The van der Waals surface area contributed by atoms with Crippen molar-refractivity contribution in [2.45, 2.75) is 57.9 Å². The Morgan fingerprint density at radius 3 is 2.95 bits per heavy atom. The molecule has 116 valence electrons. The van der Waals surface area contributed by atoms with Gasteiger partial charge in [0.2, 0.25) is 0 Å². The molecule has 2 nitrogen and oxygen atoms in total. The van der Waals surface area contributed by atoms with E-state index in [0.717, 1.165) is 31.9 Å². The number of nitrogens with one attached hydrogen (secondary N) is 1. The van der Waals surface area contributed by atoms with E-state index in [9.17, 15) is 0 Å². The Morgan fingerprint density at radius 1 is 1.24 bits per heavy atom. The van der Waals surface area contributed by atoms with Crippen molar-refractivity contribution in [2.24, 2.45) is 5.92 Å². The van der Waals surface area contributed by atoms with Gasteiger partial charge in [-0.05, 0) is 55.0 Å². The van der Waals surface area contributed by atoms with Crippen LogP contribution in [0.25, 0.3) is 0 Å². The van der Waals surface area contributed by atoms with Crippen LogP contribution in [0.4, 0.5) is 0 Å². The Labute approximate surface area is 136 Å². The Balaban J connectivity index is 1.80. The van der Waals surface area contributed by atoms with Crippen molar-refractivity contribution >= 4 is 15.9 Å². The minimum atomic E-state index is 0.675. The first-order valence-electron chi connectivity index (χ1n) is 8.45. The van der Waals surface area contributed by atoms with Crippen LogP contribution in [0.15, 0.2) is 16.6 Å². The lowest BCUT2D eigenvalue weighted by Crippen LogP contribution is -2.36. The van der Waals surface area contributed by atoms with Crippen LogP contribution in [0, 0.1) is 5.92 Å². The van der Waals surface area contributed by atoms with Crippen molar-refractivity contribution in [1.29, 1.82) is 0 Å². The molecule has 1 fully saturated rings. The van der Waals surface area contributed by atoms with E-state index in [-0.39, 0.29) is 0 Å². The van der Waals surface area contributed by atoms with Gasteiger partial charge < -0.3 is 10.1 Å². The van der Waals surface area contributed by atoms with Gasteiger partial charge in [0, 0.05) is 16.9 Å². The summed E-state index contributed by atoms with van der Waals surface area (Å²) in [4.78, 5) is 0. The van der Waals surface area contributed by atoms with Crippen molar-refractivity contribution in [3.8, 4) is 5.75 Å². The van der Waals surface area contributed by atoms with E-state index in [1.165, 1.54) is 53.5 Å². The average molecular weight is 352 g/mol. The summed E-state index contributed by atoms with van der Waals surface area (Å²) in [6.45, 7) is 4.15. The Bertz CT molecular complexity index is 488. The van der Waals surface area contributed by atoms with Crippen molar-refractivity contribution in [2.75, 3.05) is 13.2 Å². The molecule has 0 bridgehead atoms. The number of ether oxygens (including phenoxy) is 1. The molecule has 3 heteroatoms. The molecular formula is C18H26BrNO. The van der Waals surface area contributed by atoms with Crippen LogP contribution in [-0.4, -0.2) is 19.2 Å². The smallest absolute Gasteiger partial charge is 0.125 e. The summed E-state index contributed by atoms with van der Waals surface area (Å²) in [6, 6.07) is 5.17. The molecule has 0 saturated heterocycles. The molecule has 1 aliphatic carbocycles. The van der Waals surface area contributed by atoms with Gasteiger partial charge in [-0.15, -0.1) is 0 Å². The molecule has 2 aliphatic rings. The van der Waals surface area contributed by atoms with Gasteiger partial charge in [-0.1, -0.05) is 42.1 Å². The van der Waals surface area contributed by atoms with Gasteiger partial charge in [-0.3, -0.25) is 0 Å². The maximum atomic E-state index is 5.91. The van der Waals surface area contributed by atoms with E-state index in [2.05, 4.69) is 40.3 Å². The summed E-state index contributed by atoms with van der Waals surface area (Å²) in [5, 5.41) is 3.72. The minimum absolute atomic E-state index is 0.675. The molecular weight excluding hydrogens is 326 g/mol. The Kier molecular flexibility index (Phi) is 5.23. The number of hydrogen-bond donors (Lipinski definition) is 1. The number of fused-ring (bicyclic) bond motifs is 1. The van der Waals surface area contributed by atoms with E-state index in [1.807, 2.05) is 0 Å². The zero-order valence-electron chi connectivity index (χ0n) is 13.0. The summed E-state index contributed by atoms with van der Waals surface area (Å²) in [5.74, 6) is 1.92. The van der Waals surface area contributed by atoms with Crippen molar-refractivity contribution in [1.82, 2.24) is 5.32 Å². The van der Waals surface area contributed by atoms with Gasteiger partial charge in [-0.25, -0.2) is 0 Å². The molecule has 0 radical (unpaired) electrons. The largest absolute Gasteiger partial charge is 0.493 e. The normalized spacial score (nSPS) is 25.2. The van der Waals surface area contributed by atoms with E-state index < -0.39 is 0 Å². The van der Waals surface area contributed by atoms with Gasteiger partial charge in [-0.2, -0.15) is 0 Å². The summed E-state index contributed by atoms with van der Waals surface area (Å²) in [5.41, 5.74) is 2.79. The highest BCUT2D eigenvalue weighted by Crippen LogP contribution is 2.36. The molecule has 1 saturated carbocycles. The molecule has 1 heterocycles. The second kappa shape index (κ2) is 7.15. The molecule has 1 aromatic rings. The van der Waals surface area contributed by atoms with Gasteiger partial charge >= 0.3 is 0 Å². The van der Waals surface area contributed by atoms with Crippen LogP contribution < -0.4 is 10.1 Å². The highest BCUT2D eigenvalue weighted by Gasteiger charge is 2.26. The molecule has 1 N–H and O–H groups in total. The van der Waals surface area contributed by atoms with Crippen LogP contribution in [0.5, 0.6) is 5.75 Å². The van der Waals surface area contributed by atoms with Gasteiger partial charge in [0.25, 0.3) is 0 Å². The highest BCUT2D eigenvalue weighted by atomic mass is 79.9. The first-order valence-corrected chi connectivity index (χ1v) is 9.24. The predicted molar refractivity (Wildman–Crippen MR) is 91.1 cm³/mol. The molecule has 2 unspecified atom stereocenters. The number of rotatable bonds is 4. The van der Waals surface area contributed by atoms with Crippen molar-refractivity contribution in [3.63, 3.8) is 0 Å². The molecule has 0 amide bonds. The van der Waals surface area contributed by atoms with Crippen LogP contribution in [0.1, 0.15) is 50.2 Å². The molecule has 3 rings (SSSR count). The molecule has 0 aromatic heterocycles. The summed E-state index contributed by atoms with van der Waals surface area (Å²) < 4.78 is 7.12. The van der Waals surface area contributed by atoms with Crippen LogP contribution in [0.3, 0.4) is 0 Å². The third-order valence-corrected chi connectivity index (χ3v) is 5.39. The lowest BCUT2D eigenvalue weighted by molar-refractivity contribution is 0.324. The fourth-order valence-corrected chi connectivity index (χ4v) is 4.49. The standard InChI is InChI=1S/C18H26BrNO/c1-2-20-17-7-5-3-4-6-13(17)10-15-12-16(19)11-14-8-9-21-18(14)15/h11-13,17,20H,2-10H2,1H3. The number of benzene rings is 1. The maximum Gasteiger partial charge on any atom is 0.125 e. The van der Waals surface area contributed by atoms with E-state index in [0.29, 0.717) is 6.04 Å². The summed E-state index contributed by atoms with van der Waals surface area (Å²) in [6.07, 6.45) is 9.04. The van der Waals surface area contributed by atoms with Gasteiger partial charge in [0.05, 0.1) is 6.61 Å². The quantitative estimate of drug-likeness (QED) is 0.807. The summed E-state index contributed by atoms with van der Waals surface area (Å²) in [7, 11) is 0. The molecule has 1 aromatic carbocycles. The second-order valence-corrected chi connectivity index (χ2v) is 7.33. The molecule has 1 aliphatic heterocycles. The van der Waals surface area contributed by atoms with E-state index in [1.54, 1.807) is 0 Å². The third kappa shape index (κ3) is 3.62. The number of halogens is 1. The van der Waals surface area contributed by atoms with E-state index in [4.69, 9.17) is 4.74 Å². The van der Waals surface area contributed by atoms with Crippen LogP contribution in [-0.2, 0) is 12.8 Å². The SMILES string of the molecule is CCNC1CCCCCC1Cc1cc(Br)cc2c1OCC2. The molecule has 2 atom stereocenters. The topological polar surface area (TPSA) is 21.3 Å². The predicted octanol–water partition coefficient (Wildman–Crippen LogP) is 4.48. The third-order valence-electron chi connectivity index (χ3n) is 4.93. The second-order valence-electron chi connectivity index (χ2n) is 6.42.